The van der Waals surface area contributed by atoms with Crippen molar-refractivity contribution < 1.29 is 13.6 Å². The Balaban J connectivity index is 3.18. The van der Waals surface area contributed by atoms with Crippen molar-refractivity contribution in [1.82, 2.24) is 4.90 Å². The number of nitrogens with zero attached hydrogens (tertiary/aromatic N) is 2. The topological polar surface area (TPSA) is 44.1 Å². The van der Waals surface area contributed by atoms with E-state index in [4.69, 9.17) is 16.9 Å². The van der Waals surface area contributed by atoms with Crippen molar-refractivity contribution in [3.05, 3.63) is 34.4 Å². The van der Waals surface area contributed by atoms with E-state index < -0.39 is 22.6 Å². The summed E-state index contributed by atoms with van der Waals surface area (Å²) in [5.41, 5.74) is -0.342. The van der Waals surface area contributed by atoms with E-state index in [1.54, 1.807) is 13.8 Å². The van der Waals surface area contributed by atoms with Crippen LogP contribution in [0.15, 0.2) is 12.1 Å². The van der Waals surface area contributed by atoms with Crippen LogP contribution in [0.1, 0.15) is 24.2 Å². The van der Waals surface area contributed by atoms with Gasteiger partial charge in [0.25, 0.3) is 5.91 Å². The van der Waals surface area contributed by atoms with Crippen LogP contribution in [0.2, 0.25) is 5.02 Å². The summed E-state index contributed by atoms with van der Waals surface area (Å²) in [6, 6.07) is 3.48. The fourth-order valence-corrected chi connectivity index (χ4v) is 1.58. The fraction of sp³-hybridized carbons (Fsp3) is 0.333. The summed E-state index contributed by atoms with van der Waals surface area (Å²) < 4.78 is 26.7. The SMILES string of the molecule is CC(C)N(CC#N)C(=O)c1ccc(F)c(Cl)c1F. The van der Waals surface area contributed by atoms with Crippen LogP contribution >= 0.6 is 11.6 Å². The number of amides is 1. The second-order valence-corrected chi connectivity index (χ2v) is 4.29. The third-order valence-electron chi connectivity index (χ3n) is 2.39. The highest BCUT2D eigenvalue weighted by molar-refractivity contribution is 6.31. The largest absolute Gasteiger partial charge is 0.323 e. The average Bonchev–Trinajstić information content (AvgIpc) is 2.32. The zero-order chi connectivity index (χ0) is 13.9. The molecule has 0 atom stereocenters. The smallest absolute Gasteiger partial charge is 0.257 e. The molecule has 1 amide bonds. The molecule has 0 aliphatic carbocycles. The van der Waals surface area contributed by atoms with Gasteiger partial charge < -0.3 is 4.90 Å². The van der Waals surface area contributed by atoms with Gasteiger partial charge in [-0.1, -0.05) is 11.6 Å². The number of hydrogen-bond acceptors (Lipinski definition) is 2. The minimum atomic E-state index is -1.11. The van der Waals surface area contributed by atoms with Gasteiger partial charge in [-0.15, -0.1) is 0 Å². The van der Waals surface area contributed by atoms with Crippen molar-refractivity contribution in [3.63, 3.8) is 0 Å². The lowest BCUT2D eigenvalue weighted by molar-refractivity contribution is 0.0726. The molecule has 1 aromatic carbocycles. The van der Waals surface area contributed by atoms with Crippen LogP contribution < -0.4 is 0 Å². The number of carbonyl (C=O) groups is 1. The van der Waals surface area contributed by atoms with Gasteiger partial charge in [0.15, 0.2) is 5.82 Å². The van der Waals surface area contributed by atoms with E-state index >= 15 is 0 Å². The molecule has 18 heavy (non-hydrogen) atoms. The average molecular weight is 273 g/mol. The number of halogens is 3. The predicted octanol–water partition coefficient (Wildman–Crippen LogP) is 2.99. The first kappa shape index (κ1) is 14.4. The van der Waals surface area contributed by atoms with Crippen LogP contribution in [0.25, 0.3) is 0 Å². The summed E-state index contributed by atoms with van der Waals surface area (Å²) in [7, 11) is 0. The number of hydrogen-bond donors (Lipinski definition) is 0. The normalized spacial score (nSPS) is 10.3. The van der Waals surface area contributed by atoms with E-state index in [0.717, 1.165) is 12.1 Å². The molecule has 96 valence electrons. The number of rotatable bonds is 3. The zero-order valence-electron chi connectivity index (χ0n) is 9.88. The summed E-state index contributed by atoms with van der Waals surface area (Å²) in [6.45, 7) is 3.21. The fourth-order valence-electron chi connectivity index (χ4n) is 1.41. The van der Waals surface area contributed by atoms with E-state index in [2.05, 4.69) is 0 Å². The summed E-state index contributed by atoms with van der Waals surface area (Å²) in [6.07, 6.45) is 0. The molecule has 0 radical (unpaired) electrons. The minimum Gasteiger partial charge on any atom is -0.323 e. The van der Waals surface area contributed by atoms with Gasteiger partial charge in [0.05, 0.1) is 11.6 Å². The Morgan fingerprint density at radius 1 is 1.50 bits per heavy atom. The molecule has 0 N–H and O–H groups in total. The van der Waals surface area contributed by atoms with E-state index in [1.807, 2.05) is 6.07 Å². The third-order valence-corrected chi connectivity index (χ3v) is 2.74. The van der Waals surface area contributed by atoms with Gasteiger partial charge in [-0.25, -0.2) is 8.78 Å². The molecule has 1 aromatic rings. The molecule has 0 fully saturated rings. The van der Waals surface area contributed by atoms with Gasteiger partial charge >= 0.3 is 0 Å². The van der Waals surface area contributed by atoms with Crippen molar-refractivity contribution in [2.45, 2.75) is 19.9 Å². The highest BCUT2D eigenvalue weighted by atomic mass is 35.5. The molecule has 0 saturated heterocycles. The van der Waals surface area contributed by atoms with E-state index in [1.165, 1.54) is 4.90 Å². The molecule has 1 rings (SSSR count). The molecule has 0 saturated carbocycles. The molecule has 0 heterocycles. The lowest BCUT2D eigenvalue weighted by Gasteiger charge is -2.24. The third kappa shape index (κ3) is 2.77. The molecule has 0 aliphatic rings. The summed E-state index contributed by atoms with van der Waals surface area (Å²) in [5, 5.41) is 7.90. The maximum absolute atomic E-state index is 13.7. The van der Waals surface area contributed by atoms with Gasteiger partial charge in [0.2, 0.25) is 0 Å². The molecule has 0 aliphatic heterocycles. The maximum Gasteiger partial charge on any atom is 0.257 e. The Kier molecular flexibility index (Phi) is 4.62. The van der Waals surface area contributed by atoms with Crippen LogP contribution in [0.3, 0.4) is 0 Å². The minimum absolute atomic E-state index is 0.176. The number of nitriles is 1. The first-order valence-corrected chi connectivity index (χ1v) is 5.59. The molecule has 0 aromatic heterocycles. The van der Waals surface area contributed by atoms with Crippen LogP contribution in [0, 0.1) is 23.0 Å². The van der Waals surface area contributed by atoms with E-state index in [0.29, 0.717) is 0 Å². The van der Waals surface area contributed by atoms with Crippen molar-refractivity contribution >= 4 is 17.5 Å². The molecule has 0 spiro atoms. The lowest BCUT2D eigenvalue weighted by atomic mass is 10.1. The van der Waals surface area contributed by atoms with E-state index in [9.17, 15) is 13.6 Å². The molecule has 0 bridgehead atoms. The van der Waals surface area contributed by atoms with Crippen LogP contribution in [-0.2, 0) is 0 Å². The number of carbonyl (C=O) groups excluding carboxylic acids is 1. The second-order valence-electron chi connectivity index (χ2n) is 3.91. The van der Waals surface area contributed by atoms with Crippen molar-refractivity contribution in [1.29, 1.82) is 5.26 Å². The van der Waals surface area contributed by atoms with Crippen LogP contribution in [0.5, 0.6) is 0 Å². The molecular formula is C12H11ClF2N2O. The zero-order valence-corrected chi connectivity index (χ0v) is 10.6. The Bertz CT molecular complexity index is 512. The highest BCUT2D eigenvalue weighted by Gasteiger charge is 2.23. The van der Waals surface area contributed by atoms with Crippen LogP contribution in [0.4, 0.5) is 8.78 Å². The van der Waals surface area contributed by atoms with Crippen molar-refractivity contribution in [3.8, 4) is 6.07 Å². The van der Waals surface area contributed by atoms with Crippen LogP contribution in [-0.4, -0.2) is 23.4 Å². The molecular weight excluding hydrogens is 262 g/mol. The standard InChI is InChI=1S/C12H11ClF2N2O/c1-7(2)17(6-5-16)12(18)8-3-4-9(14)10(13)11(8)15/h3-4,7H,6H2,1-2H3. The predicted molar refractivity (Wildman–Crippen MR) is 63.2 cm³/mol. The number of benzene rings is 1. The summed E-state index contributed by atoms with van der Waals surface area (Å²) in [4.78, 5) is 13.2. The first-order chi connectivity index (χ1) is 8.40. The quantitative estimate of drug-likeness (QED) is 0.627. The van der Waals surface area contributed by atoms with Crippen molar-refractivity contribution in [2.24, 2.45) is 0 Å². The lowest BCUT2D eigenvalue weighted by Crippen LogP contribution is -2.37. The Labute approximate surface area is 109 Å². The summed E-state index contributed by atoms with van der Waals surface area (Å²) in [5.74, 6) is -2.72. The van der Waals surface area contributed by atoms with Gasteiger partial charge in [0, 0.05) is 6.04 Å². The molecule has 3 nitrogen and oxygen atoms in total. The Morgan fingerprint density at radius 2 is 2.11 bits per heavy atom. The second kappa shape index (κ2) is 5.78. The molecule has 0 unspecified atom stereocenters. The van der Waals surface area contributed by atoms with Gasteiger partial charge in [-0.05, 0) is 26.0 Å². The Hall–Kier alpha value is -1.67. The Morgan fingerprint density at radius 3 is 2.61 bits per heavy atom. The monoisotopic (exact) mass is 272 g/mol. The maximum atomic E-state index is 13.7. The molecule has 6 heteroatoms. The van der Waals surface area contributed by atoms with Crippen molar-refractivity contribution in [2.75, 3.05) is 6.54 Å². The van der Waals surface area contributed by atoms with Gasteiger partial charge in [0.1, 0.15) is 17.4 Å². The van der Waals surface area contributed by atoms with Gasteiger partial charge in [-0.2, -0.15) is 5.26 Å². The highest BCUT2D eigenvalue weighted by Crippen LogP contribution is 2.23. The summed E-state index contributed by atoms with van der Waals surface area (Å²) >= 11 is 5.40. The first-order valence-electron chi connectivity index (χ1n) is 5.21. The van der Waals surface area contributed by atoms with Gasteiger partial charge in [-0.3, -0.25) is 4.79 Å². The van der Waals surface area contributed by atoms with E-state index in [-0.39, 0.29) is 18.2 Å².